The second kappa shape index (κ2) is 6.39. The van der Waals surface area contributed by atoms with E-state index in [2.05, 4.69) is 32.5 Å². The smallest absolute Gasteiger partial charge is 0.224 e. The normalized spacial score (nSPS) is 21.1. The Morgan fingerprint density at radius 2 is 2.33 bits per heavy atom. The van der Waals surface area contributed by atoms with Crippen molar-refractivity contribution < 1.29 is 4.79 Å². The first kappa shape index (κ1) is 15.4. The van der Waals surface area contributed by atoms with Crippen LogP contribution >= 0.6 is 0 Å². The zero-order valence-corrected chi connectivity index (χ0v) is 14.1. The van der Waals surface area contributed by atoms with E-state index in [1.807, 2.05) is 17.3 Å². The van der Waals surface area contributed by atoms with E-state index < -0.39 is 0 Å². The van der Waals surface area contributed by atoms with Crippen molar-refractivity contribution in [2.45, 2.75) is 45.3 Å². The van der Waals surface area contributed by atoms with Gasteiger partial charge in [0.15, 0.2) is 5.82 Å². The van der Waals surface area contributed by atoms with Crippen molar-refractivity contribution in [3.8, 4) is 11.5 Å². The van der Waals surface area contributed by atoms with Crippen molar-refractivity contribution in [3.05, 3.63) is 24.2 Å². The van der Waals surface area contributed by atoms with Gasteiger partial charge in [-0.05, 0) is 25.5 Å². The molecule has 4 rings (SSSR count). The maximum atomic E-state index is 12.2. The van der Waals surface area contributed by atoms with Crippen LogP contribution in [0.3, 0.4) is 0 Å². The first-order valence-corrected chi connectivity index (χ1v) is 8.84. The van der Waals surface area contributed by atoms with E-state index in [1.54, 1.807) is 0 Å². The third-order valence-corrected chi connectivity index (χ3v) is 4.87. The number of amides is 1. The van der Waals surface area contributed by atoms with Crippen LogP contribution in [-0.2, 0) is 17.9 Å². The van der Waals surface area contributed by atoms with Gasteiger partial charge in [0.2, 0.25) is 5.91 Å². The molecule has 128 valence electrons. The number of rotatable bonds is 4. The molecule has 1 unspecified atom stereocenters. The van der Waals surface area contributed by atoms with Crippen molar-refractivity contribution >= 4 is 5.91 Å². The van der Waals surface area contributed by atoms with Crippen LogP contribution in [0.2, 0.25) is 0 Å². The van der Waals surface area contributed by atoms with Gasteiger partial charge in [-0.15, -0.1) is 0 Å². The highest BCUT2D eigenvalue weighted by Gasteiger charge is 2.31. The Bertz CT molecular complexity index is 710. The molecule has 1 fully saturated rings. The third kappa shape index (κ3) is 2.73. The molecule has 1 saturated heterocycles. The molecule has 2 aliphatic heterocycles. The van der Waals surface area contributed by atoms with Gasteiger partial charge >= 0.3 is 0 Å². The van der Waals surface area contributed by atoms with E-state index >= 15 is 0 Å². The van der Waals surface area contributed by atoms with Crippen LogP contribution in [0, 0.1) is 0 Å². The number of aryl methyl sites for hydroxylation is 1. The number of fused-ring (bicyclic) bond motifs is 1. The Kier molecular flexibility index (Phi) is 4.10. The topological polar surface area (TPSA) is 68.0 Å². The molecule has 1 amide bonds. The number of aromatic nitrogens is 4. The van der Waals surface area contributed by atoms with Gasteiger partial charge in [0.25, 0.3) is 0 Å². The average Bonchev–Trinajstić information content (AvgIpc) is 3.24. The van der Waals surface area contributed by atoms with E-state index in [-0.39, 0.29) is 11.9 Å². The summed E-state index contributed by atoms with van der Waals surface area (Å²) in [4.78, 5) is 18.7. The van der Waals surface area contributed by atoms with E-state index in [4.69, 9.17) is 5.10 Å². The monoisotopic (exact) mass is 328 g/mol. The number of carbonyl (C=O) groups is 1. The van der Waals surface area contributed by atoms with Gasteiger partial charge in [-0.25, -0.2) is 4.98 Å². The predicted molar refractivity (Wildman–Crippen MR) is 90.3 cm³/mol. The molecule has 4 heterocycles. The van der Waals surface area contributed by atoms with Gasteiger partial charge in [0, 0.05) is 45.0 Å². The Morgan fingerprint density at radius 3 is 3.21 bits per heavy atom. The molecule has 7 nitrogen and oxygen atoms in total. The number of likely N-dealkylation sites (tertiary alicyclic amines) is 1. The van der Waals surface area contributed by atoms with Gasteiger partial charge in [-0.2, -0.15) is 5.10 Å². The SMILES string of the molecule is CCCN1CC(n2ccnc2-c2cc3n(n2)CCCNC3)CC1=O. The summed E-state index contributed by atoms with van der Waals surface area (Å²) in [6.45, 7) is 6.53. The Hall–Kier alpha value is -2.15. The molecule has 0 aromatic carbocycles. The average molecular weight is 328 g/mol. The quantitative estimate of drug-likeness (QED) is 0.922. The number of hydrogen-bond donors (Lipinski definition) is 1. The third-order valence-electron chi connectivity index (χ3n) is 4.87. The number of carbonyl (C=O) groups excluding carboxylic acids is 1. The van der Waals surface area contributed by atoms with E-state index in [9.17, 15) is 4.79 Å². The predicted octanol–water partition coefficient (Wildman–Crippen LogP) is 1.42. The number of nitrogens with one attached hydrogen (secondary N) is 1. The van der Waals surface area contributed by atoms with Gasteiger partial charge in [-0.1, -0.05) is 6.92 Å². The summed E-state index contributed by atoms with van der Waals surface area (Å²) in [6, 6.07) is 2.28. The molecule has 0 saturated carbocycles. The van der Waals surface area contributed by atoms with Crippen molar-refractivity contribution in [3.63, 3.8) is 0 Å². The number of hydrogen-bond acceptors (Lipinski definition) is 4. The van der Waals surface area contributed by atoms with Gasteiger partial charge in [0.05, 0.1) is 11.7 Å². The van der Waals surface area contributed by atoms with E-state index in [1.165, 1.54) is 5.69 Å². The molecule has 24 heavy (non-hydrogen) atoms. The maximum Gasteiger partial charge on any atom is 0.224 e. The van der Waals surface area contributed by atoms with E-state index in [0.717, 1.165) is 57.1 Å². The summed E-state index contributed by atoms with van der Waals surface area (Å²) >= 11 is 0. The lowest BCUT2D eigenvalue weighted by atomic mass is 10.2. The highest BCUT2D eigenvalue weighted by molar-refractivity contribution is 5.79. The summed E-state index contributed by atoms with van der Waals surface area (Å²) in [5, 5.41) is 8.17. The van der Waals surface area contributed by atoms with Crippen LogP contribution in [0.5, 0.6) is 0 Å². The van der Waals surface area contributed by atoms with Crippen molar-refractivity contribution in [1.82, 2.24) is 29.5 Å². The highest BCUT2D eigenvalue weighted by Crippen LogP contribution is 2.28. The van der Waals surface area contributed by atoms with Crippen LogP contribution < -0.4 is 5.32 Å². The van der Waals surface area contributed by atoms with E-state index in [0.29, 0.717) is 6.42 Å². The molecule has 2 aromatic heterocycles. The first-order valence-electron chi connectivity index (χ1n) is 8.84. The second-order valence-electron chi connectivity index (χ2n) is 6.63. The number of nitrogens with zero attached hydrogens (tertiary/aromatic N) is 5. The fourth-order valence-electron chi connectivity index (χ4n) is 3.70. The lowest BCUT2D eigenvalue weighted by Gasteiger charge is -2.17. The standard InChI is InChI=1S/C17H24N6O/c1-2-6-21-12-14(10-16(21)24)22-8-5-19-17(22)15-9-13-11-18-4-3-7-23(13)20-15/h5,8-9,14,18H,2-4,6-7,10-12H2,1H3. The summed E-state index contributed by atoms with van der Waals surface area (Å²) in [5.41, 5.74) is 2.10. The van der Waals surface area contributed by atoms with Crippen molar-refractivity contribution in [1.29, 1.82) is 0 Å². The Balaban J connectivity index is 1.60. The summed E-state index contributed by atoms with van der Waals surface area (Å²) in [6.07, 6.45) is 6.43. The van der Waals surface area contributed by atoms with Gasteiger partial charge in [-0.3, -0.25) is 9.48 Å². The van der Waals surface area contributed by atoms with Crippen LogP contribution in [-0.4, -0.2) is 49.8 Å². The van der Waals surface area contributed by atoms with Crippen molar-refractivity contribution in [2.75, 3.05) is 19.6 Å². The fraction of sp³-hybridized carbons (Fsp3) is 0.588. The minimum Gasteiger partial charge on any atom is -0.341 e. The molecule has 1 N–H and O–H groups in total. The molecule has 2 aliphatic rings. The Labute approximate surface area is 141 Å². The highest BCUT2D eigenvalue weighted by atomic mass is 16.2. The van der Waals surface area contributed by atoms with Crippen LogP contribution in [0.25, 0.3) is 11.5 Å². The second-order valence-corrected chi connectivity index (χ2v) is 6.63. The molecule has 0 spiro atoms. The van der Waals surface area contributed by atoms with Crippen molar-refractivity contribution in [2.24, 2.45) is 0 Å². The molecule has 0 aliphatic carbocycles. The molecule has 7 heteroatoms. The number of imidazole rings is 1. The zero-order valence-electron chi connectivity index (χ0n) is 14.1. The van der Waals surface area contributed by atoms with Gasteiger partial charge in [0.1, 0.15) is 5.69 Å². The lowest BCUT2D eigenvalue weighted by Crippen LogP contribution is -2.26. The first-order chi connectivity index (χ1) is 11.8. The Morgan fingerprint density at radius 1 is 1.42 bits per heavy atom. The minimum atomic E-state index is 0.154. The largest absolute Gasteiger partial charge is 0.341 e. The van der Waals surface area contributed by atoms with Crippen LogP contribution in [0.15, 0.2) is 18.5 Å². The van der Waals surface area contributed by atoms with Crippen LogP contribution in [0.4, 0.5) is 0 Å². The lowest BCUT2D eigenvalue weighted by molar-refractivity contribution is -0.127. The molecular weight excluding hydrogens is 304 g/mol. The zero-order chi connectivity index (χ0) is 16.5. The molecule has 2 aromatic rings. The molecule has 0 bridgehead atoms. The molecule has 0 radical (unpaired) electrons. The van der Waals surface area contributed by atoms with Crippen LogP contribution in [0.1, 0.15) is 37.9 Å². The summed E-state index contributed by atoms with van der Waals surface area (Å²) in [7, 11) is 0. The molecule has 1 atom stereocenters. The van der Waals surface area contributed by atoms with Gasteiger partial charge < -0.3 is 14.8 Å². The summed E-state index contributed by atoms with van der Waals surface area (Å²) < 4.78 is 4.21. The minimum absolute atomic E-state index is 0.154. The maximum absolute atomic E-state index is 12.2. The molecular formula is C17H24N6O. The summed E-state index contributed by atoms with van der Waals surface area (Å²) in [5.74, 6) is 1.11. The fourth-order valence-corrected chi connectivity index (χ4v) is 3.70.